The Labute approximate surface area is 117 Å². The number of nitrogens with zero attached hydrogens (tertiary/aromatic N) is 1. The fourth-order valence-corrected chi connectivity index (χ4v) is 3.58. The molecule has 0 aliphatic carbocycles. The molecule has 2 heterocycles. The molecule has 4 heteroatoms. The Balaban J connectivity index is 1.83. The van der Waals surface area contributed by atoms with Crippen molar-refractivity contribution < 1.29 is 4.79 Å². The van der Waals surface area contributed by atoms with Crippen LogP contribution in [0.2, 0.25) is 0 Å². The van der Waals surface area contributed by atoms with E-state index in [2.05, 4.69) is 22.5 Å². The van der Waals surface area contributed by atoms with Gasteiger partial charge in [0.2, 0.25) is 5.91 Å². The fourth-order valence-electron chi connectivity index (χ4n) is 3.58. The predicted molar refractivity (Wildman–Crippen MR) is 78.1 cm³/mol. The Morgan fingerprint density at radius 2 is 1.89 bits per heavy atom. The molecule has 2 bridgehead atoms. The van der Waals surface area contributed by atoms with Gasteiger partial charge in [0.1, 0.15) is 0 Å². The minimum atomic E-state index is 0.187. The smallest absolute Gasteiger partial charge is 0.234 e. The summed E-state index contributed by atoms with van der Waals surface area (Å²) in [6.45, 7) is 7.97. The summed E-state index contributed by atoms with van der Waals surface area (Å²) in [5.74, 6) is 0.187. The largest absolute Gasteiger partial charge is 0.353 e. The molecular formula is C15H29N3O. The van der Waals surface area contributed by atoms with Crippen LogP contribution in [0.1, 0.15) is 52.9 Å². The highest BCUT2D eigenvalue weighted by atomic mass is 16.2. The van der Waals surface area contributed by atoms with Gasteiger partial charge in [0.25, 0.3) is 0 Å². The highest BCUT2D eigenvalue weighted by Crippen LogP contribution is 2.35. The molecule has 4 nitrogen and oxygen atoms in total. The van der Waals surface area contributed by atoms with Crippen LogP contribution >= 0.6 is 0 Å². The van der Waals surface area contributed by atoms with Crippen molar-refractivity contribution in [3.8, 4) is 0 Å². The van der Waals surface area contributed by atoms with Gasteiger partial charge in [-0.3, -0.25) is 9.69 Å². The molecule has 0 saturated carbocycles. The third-order valence-electron chi connectivity index (χ3n) is 4.34. The van der Waals surface area contributed by atoms with E-state index in [0.29, 0.717) is 24.7 Å². The molecule has 0 aromatic heterocycles. The number of rotatable bonds is 6. The minimum Gasteiger partial charge on any atom is -0.353 e. The third-order valence-corrected chi connectivity index (χ3v) is 4.34. The molecule has 2 N–H and O–H groups in total. The summed E-state index contributed by atoms with van der Waals surface area (Å²) >= 11 is 0. The zero-order valence-corrected chi connectivity index (χ0v) is 12.6. The predicted octanol–water partition coefficient (Wildman–Crippen LogP) is 1.51. The van der Waals surface area contributed by atoms with Crippen LogP contribution in [0.3, 0.4) is 0 Å². The van der Waals surface area contributed by atoms with Crippen LogP contribution in [-0.4, -0.2) is 48.1 Å². The summed E-state index contributed by atoms with van der Waals surface area (Å²) in [5, 5.41) is 6.66. The zero-order chi connectivity index (χ0) is 13.8. The molecule has 2 unspecified atom stereocenters. The third kappa shape index (κ3) is 3.93. The highest BCUT2D eigenvalue weighted by Gasteiger charge is 2.40. The van der Waals surface area contributed by atoms with Gasteiger partial charge in [-0.25, -0.2) is 0 Å². The molecule has 0 spiro atoms. The average molecular weight is 267 g/mol. The van der Waals surface area contributed by atoms with Crippen molar-refractivity contribution in [3.63, 3.8) is 0 Å². The van der Waals surface area contributed by atoms with Crippen molar-refractivity contribution in [1.29, 1.82) is 0 Å². The lowest BCUT2D eigenvalue weighted by Gasteiger charge is -2.39. The maximum atomic E-state index is 11.9. The number of piperidine rings is 1. The first kappa shape index (κ1) is 14.8. The Kier molecular flexibility index (Phi) is 5.22. The lowest BCUT2D eigenvalue weighted by atomic mass is 9.97. The van der Waals surface area contributed by atoms with Gasteiger partial charge >= 0.3 is 0 Å². The Hall–Kier alpha value is -0.610. The van der Waals surface area contributed by atoms with E-state index in [1.165, 1.54) is 32.1 Å². The molecule has 2 aliphatic rings. The molecule has 0 radical (unpaired) electrons. The van der Waals surface area contributed by atoms with E-state index < -0.39 is 0 Å². The van der Waals surface area contributed by atoms with Gasteiger partial charge in [-0.2, -0.15) is 0 Å². The molecule has 110 valence electrons. The molecule has 2 fully saturated rings. The van der Waals surface area contributed by atoms with Crippen molar-refractivity contribution >= 4 is 5.91 Å². The normalized spacial score (nSPS) is 30.8. The second-order valence-corrected chi connectivity index (χ2v) is 6.40. The van der Waals surface area contributed by atoms with Crippen LogP contribution in [0.4, 0.5) is 0 Å². The lowest BCUT2D eigenvalue weighted by Crippen LogP contribution is -2.52. The maximum absolute atomic E-state index is 11.9. The number of amides is 1. The Bertz CT molecular complexity index is 292. The van der Waals surface area contributed by atoms with Crippen LogP contribution in [0.25, 0.3) is 0 Å². The summed E-state index contributed by atoms with van der Waals surface area (Å²) < 4.78 is 0. The number of hydrogen-bond acceptors (Lipinski definition) is 3. The van der Waals surface area contributed by atoms with Crippen molar-refractivity contribution in [2.24, 2.45) is 0 Å². The van der Waals surface area contributed by atoms with E-state index in [-0.39, 0.29) is 11.9 Å². The Morgan fingerprint density at radius 3 is 2.42 bits per heavy atom. The molecule has 2 rings (SSSR count). The summed E-state index contributed by atoms with van der Waals surface area (Å²) in [7, 11) is 0. The van der Waals surface area contributed by atoms with Crippen LogP contribution < -0.4 is 10.6 Å². The minimum absolute atomic E-state index is 0.187. The molecule has 2 atom stereocenters. The van der Waals surface area contributed by atoms with Gasteiger partial charge in [-0.1, -0.05) is 6.92 Å². The maximum Gasteiger partial charge on any atom is 0.234 e. The number of nitrogens with one attached hydrogen (secondary N) is 2. The number of fused-ring (bicyclic) bond motifs is 2. The summed E-state index contributed by atoms with van der Waals surface area (Å²) in [6, 6.07) is 2.15. The fraction of sp³-hybridized carbons (Fsp3) is 0.933. The van der Waals surface area contributed by atoms with Crippen LogP contribution in [-0.2, 0) is 4.79 Å². The molecule has 19 heavy (non-hydrogen) atoms. The molecular weight excluding hydrogens is 238 g/mol. The topological polar surface area (TPSA) is 44.4 Å². The van der Waals surface area contributed by atoms with Gasteiger partial charge in [-0.05, 0) is 52.5 Å². The monoisotopic (exact) mass is 267 g/mol. The highest BCUT2D eigenvalue weighted by molar-refractivity contribution is 5.78. The van der Waals surface area contributed by atoms with Gasteiger partial charge in [0.15, 0.2) is 0 Å². The van der Waals surface area contributed by atoms with Crippen LogP contribution in [0.5, 0.6) is 0 Å². The van der Waals surface area contributed by atoms with Crippen molar-refractivity contribution in [3.05, 3.63) is 0 Å². The first-order valence-corrected chi connectivity index (χ1v) is 7.88. The SMILES string of the molecule is CCCNC1CC2CCC(C1)N2CC(=O)NC(C)C. The van der Waals surface area contributed by atoms with E-state index in [0.717, 1.165) is 6.54 Å². The van der Waals surface area contributed by atoms with E-state index in [9.17, 15) is 4.79 Å². The molecule has 2 saturated heterocycles. The van der Waals surface area contributed by atoms with E-state index >= 15 is 0 Å². The average Bonchev–Trinajstić information content (AvgIpc) is 2.59. The molecule has 1 amide bonds. The van der Waals surface area contributed by atoms with Gasteiger partial charge in [0, 0.05) is 24.2 Å². The van der Waals surface area contributed by atoms with Crippen LogP contribution in [0.15, 0.2) is 0 Å². The van der Waals surface area contributed by atoms with E-state index in [1.807, 2.05) is 13.8 Å². The van der Waals surface area contributed by atoms with Gasteiger partial charge < -0.3 is 10.6 Å². The first-order chi connectivity index (χ1) is 9.10. The van der Waals surface area contributed by atoms with Crippen molar-refractivity contribution in [2.45, 2.75) is 77.0 Å². The lowest BCUT2D eigenvalue weighted by molar-refractivity contribution is -0.124. The van der Waals surface area contributed by atoms with E-state index in [4.69, 9.17) is 0 Å². The summed E-state index contributed by atoms with van der Waals surface area (Å²) in [6.07, 6.45) is 6.16. The van der Waals surface area contributed by atoms with Gasteiger partial charge in [0.05, 0.1) is 6.54 Å². The zero-order valence-electron chi connectivity index (χ0n) is 12.6. The van der Waals surface area contributed by atoms with Crippen LogP contribution in [0, 0.1) is 0 Å². The molecule has 2 aliphatic heterocycles. The molecule has 0 aromatic carbocycles. The summed E-state index contributed by atoms with van der Waals surface area (Å²) in [5.41, 5.74) is 0. The van der Waals surface area contributed by atoms with Gasteiger partial charge in [-0.15, -0.1) is 0 Å². The van der Waals surface area contributed by atoms with E-state index in [1.54, 1.807) is 0 Å². The number of hydrogen-bond donors (Lipinski definition) is 2. The second-order valence-electron chi connectivity index (χ2n) is 6.40. The quantitative estimate of drug-likeness (QED) is 0.766. The molecule has 0 aromatic rings. The van der Waals surface area contributed by atoms with Crippen molar-refractivity contribution in [2.75, 3.05) is 13.1 Å². The first-order valence-electron chi connectivity index (χ1n) is 7.88. The number of carbonyl (C=O) groups is 1. The Morgan fingerprint density at radius 1 is 1.26 bits per heavy atom. The summed E-state index contributed by atoms with van der Waals surface area (Å²) in [4.78, 5) is 14.4. The number of carbonyl (C=O) groups excluding carboxylic acids is 1. The second kappa shape index (κ2) is 6.71. The van der Waals surface area contributed by atoms with Crippen molar-refractivity contribution in [1.82, 2.24) is 15.5 Å². The standard InChI is InChI=1S/C15H29N3O/c1-4-7-16-12-8-13-5-6-14(9-12)18(13)10-15(19)17-11(2)3/h11-14,16H,4-10H2,1-3H3,(H,17,19).